The normalized spacial score (nSPS) is 21.1. The molecule has 3 rings (SSSR count). The highest BCUT2D eigenvalue weighted by Gasteiger charge is 2.37. The second-order valence-corrected chi connectivity index (χ2v) is 7.76. The number of hydrogen-bond donors (Lipinski definition) is 4. The lowest BCUT2D eigenvalue weighted by atomic mass is 9.68. The number of anilines is 1. The van der Waals surface area contributed by atoms with Crippen molar-refractivity contribution in [3.63, 3.8) is 0 Å². The molecule has 0 unspecified atom stereocenters. The number of rotatable bonds is 5. The van der Waals surface area contributed by atoms with Crippen LogP contribution >= 0.6 is 0 Å². The molecule has 1 fully saturated rings. The molecule has 1 aliphatic rings. The quantitative estimate of drug-likeness (QED) is 0.256. The van der Waals surface area contributed by atoms with Crippen molar-refractivity contribution in [2.45, 2.75) is 37.1 Å². The number of aliphatic imine (C=N–C) groups is 1. The Bertz CT molecular complexity index is 957. The molecule has 0 aliphatic heterocycles. The largest absolute Gasteiger partial charge is 0.398 e. The Morgan fingerprint density at radius 2 is 1.94 bits per heavy atom. The van der Waals surface area contributed by atoms with E-state index < -0.39 is 11.7 Å². The average Bonchev–Trinajstić information content (AvgIpc) is 2.79. The summed E-state index contributed by atoms with van der Waals surface area (Å²) in [5, 5.41) is 17.9. The highest BCUT2D eigenvalue weighted by atomic mass is 19.1. The van der Waals surface area contributed by atoms with Crippen LogP contribution in [0.15, 0.2) is 53.5 Å². The van der Waals surface area contributed by atoms with Crippen LogP contribution < -0.4 is 21.7 Å². The van der Waals surface area contributed by atoms with Crippen LogP contribution in [-0.2, 0) is 5.41 Å². The number of nitrogen functional groups attached to an aromatic ring is 1. The molecule has 8 heteroatoms. The molecule has 0 atom stereocenters. The lowest BCUT2D eigenvalue weighted by molar-refractivity contribution is 0.0932. The lowest BCUT2D eigenvalue weighted by Crippen LogP contribution is -2.49. The van der Waals surface area contributed by atoms with Crippen LogP contribution in [0, 0.1) is 17.3 Å². The van der Waals surface area contributed by atoms with E-state index in [1.54, 1.807) is 13.2 Å². The second-order valence-electron chi connectivity index (χ2n) is 7.76. The second kappa shape index (κ2) is 9.94. The van der Waals surface area contributed by atoms with E-state index in [0.717, 1.165) is 31.2 Å². The summed E-state index contributed by atoms with van der Waals surface area (Å²) < 4.78 is 14.2. The molecule has 2 aromatic carbocycles. The molecular weight excluding hydrogens is 395 g/mol. The monoisotopic (exact) mass is 422 g/mol. The van der Waals surface area contributed by atoms with Gasteiger partial charge in [0.1, 0.15) is 5.82 Å². The summed E-state index contributed by atoms with van der Waals surface area (Å²) in [5.41, 5.74) is 6.69. The first-order valence-corrected chi connectivity index (χ1v) is 10.3. The molecule has 0 spiro atoms. The molecule has 31 heavy (non-hydrogen) atoms. The molecule has 5 N–H and O–H groups in total. The number of nitrogens with zero attached hydrogens (tertiary/aromatic N) is 2. The lowest BCUT2D eigenvalue weighted by Gasteiger charge is -2.41. The molecule has 0 bridgehead atoms. The number of nitriles is 1. The topological polar surface area (TPSA) is 115 Å². The maximum Gasteiger partial charge on any atom is 0.256 e. The van der Waals surface area contributed by atoms with Crippen molar-refractivity contribution in [2.75, 3.05) is 19.3 Å². The van der Waals surface area contributed by atoms with Crippen LogP contribution in [0.5, 0.6) is 0 Å². The van der Waals surface area contributed by atoms with E-state index >= 15 is 0 Å². The number of carbonyl (C=O) groups excluding carboxylic acids is 1. The summed E-state index contributed by atoms with van der Waals surface area (Å²) in [4.78, 5) is 16.5. The molecule has 1 amide bonds. The van der Waals surface area contributed by atoms with Gasteiger partial charge in [0, 0.05) is 30.7 Å². The van der Waals surface area contributed by atoms with Gasteiger partial charge in [-0.25, -0.2) is 4.39 Å². The Morgan fingerprint density at radius 1 is 1.23 bits per heavy atom. The van der Waals surface area contributed by atoms with E-state index in [0.29, 0.717) is 12.5 Å². The number of nitrogens with one attached hydrogen (secondary N) is 3. The van der Waals surface area contributed by atoms with Crippen LogP contribution in [0.25, 0.3) is 0 Å². The Kier molecular flexibility index (Phi) is 7.08. The van der Waals surface area contributed by atoms with Crippen LogP contribution in [-0.4, -0.2) is 31.5 Å². The fourth-order valence-corrected chi connectivity index (χ4v) is 4.20. The fourth-order valence-electron chi connectivity index (χ4n) is 4.20. The minimum absolute atomic E-state index is 0.118. The minimum atomic E-state index is -0.629. The number of halogens is 1. The molecule has 0 radical (unpaired) electrons. The molecule has 2 aromatic rings. The Hall–Kier alpha value is -3.60. The summed E-state index contributed by atoms with van der Waals surface area (Å²) in [7, 11) is 1.71. The first kappa shape index (κ1) is 22.1. The zero-order valence-corrected chi connectivity index (χ0v) is 17.5. The van der Waals surface area contributed by atoms with Gasteiger partial charge >= 0.3 is 0 Å². The number of benzene rings is 2. The van der Waals surface area contributed by atoms with Crippen molar-refractivity contribution in [1.82, 2.24) is 16.0 Å². The predicted octanol–water partition coefficient (Wildman–Crippen LogP) is 2.66. The van der Waals surface area contributed by atoms with Gasteiger partial charge in [-0.1, -0.05) is 36.4 Å². The summed E-state index contributed by atoms with van der Waals surface area (Å²) in [6.45, 7) is 0.376. The highest BCUT2D eigenvalue weighted by Crippen LogP contribution is 2.39. The average molecular weight is 423 g/mol. The van der Waals surface area contributed by atoms with Crippen LogP contribution in [0.1, 0.15) is 41.6 Å². The number of hydrogen-bond acceptors (Lipinski definition) is 4. The maximum absolute atomic E-state index is 14.2. The smallest absolute Gasteiger partial charge is 0.256 e. The van der Waals surface area contributed by atoms with Crippen molar-refractivity contribution >= 4 is 17.6 Å². The van der Waals surface area contributed by atoms with E-state index in [-0.39, 0.29) is 22.7 Å². The Balaban J connectivity index is 1.75. The standard InChI is InChI=1S/C23H27FN6O/c1-27-22(29-15-25)30-17-10-12-23(13-11-17,16-6-3-2-4-7-16)14-28-21(31)20-18(24)8-5-9-19(20)26/h2-9,17H,10-14,26H2,1H3,(H,28,31)(H2,27,29,30)/t17-,23-. The van der Waals surface area contributed by atoms with Gasteiger partial charge < -0.3 is 21.7 Å². The van der Waals surface area contributed by atoms with Gasteiger partial charge in [-0.2, -0.15) is 5.26 Å². The van der Waals surface area contributed by atoms with Gasteiger partial charge in [0.05, 0.1) is 5.56 Å². The molecule has 162 valence electrons. The fraction of sp³-hybridized carbons (Fsp3) is 0.348. The third-order valence-electron chi connectivity index (χ3n) is 5.93. The van der Waals surface area contributed by atoms with Gasteiger partial charge in [-0.15, -0.1) is 4.99 Å². The highest BCUT2D eigenvalue weighted by molar-refractivity contribution is 5.99. The van der Waals surface area contributed by atoms with E-state index in [1.165, 1.54) is 18.2 Å². The molecule has 1 saturated carbocycles. The maximum atomic E-state index is 14.2. The Labute approximate surface area is 181 Å². The van der Waals surface area contributed by atoms with Crippen LogP contribution in [0.2, 0.25) is 0 Å². The Morgan fingerprint density at radius 3 is 2.55 bits per heavy atom. The van der Waals surface area contributed by atoms with Crippen LogP contribution in [0.4, 0.5) is 10.1 Å². The zero-order valence-electron chi connectivity index (χ0n) is 17.5. The van der Waals surface area contributed by atoms with Gasteiger partial charge in [0.15, 0.2) is 0 Å². The zero-order chi connectivity index (χ0) is 22.3. The summed E-state index contributed by atoms with van der Waals surface area (Å²) in [6.07, 6.45) is 5.07. The van der Waals surface area contributed by atoms with Crippen molar-refractivity contribution in [2.24, 2.45) is 4.99 Å². The van der Waals surface area contributed by atoms with Crippen molar-refractivity contribution in [1.29, 1.82) is 5.26 Å². The number of guanidine groups is 1. The predicted molar refractivity (Wildman–Crippen MR) is 119 cm³/mol. The summed E-state index contributed by atoms with van der Waals surface area (Å²) in [6, 6.07) is 14.4. The van der Waals surface area contributed by atoms with E-state index in [2.05, 4.69) is 33.1 Å². The van der Waals surface area contributed by atoms with Gasteiger partial charge in [-0.05, 0) is 43.4 Å². The van der Waals surface area contributed by atoms with Gasteiger partial charge in [-0.3, -0.25) is 4.79 Å². The number of carbonyl (C=O) groups is 1. The molecule has 7 nitrogen and oxygen atoms in total. The minimum Gasteiger partial charge on any atom is -0.398 e. The van der Waals surface area contributed by atoms with Gasteiger partial charge in [0.25, 0.3) is 5.91 Å². The van der Waals surface area contributed by atoms with Crippen molar-refractivity contribution in [3.05, 3.63) is 65.5 Å². The number of amides is 1. The number of nitrogens with two attached hydrogens (primary N) is 1. The van der Waals surface area contributed by atoms with Crippen LogP contribution in [0.3, 0.4) is 0 Å². The van der Waals surface area contributed by atoms with E-state index in [1.807, 2.05) is 18.2 Å². The molecule has 0 aromatic heterocycles. The molecule has 1 aliphatic carbocycles. The molecular formula is C23H27FN6O. The van der Waals surface area contributed by atoms with E-state index in [4.69, 9.17) is 11.0 Å². The third kappa shape index (κ3) is 5.12. The molecule has 0 saturated heterocycles. The first-order chi connectivity index (χ1) is 15.0. The third-order valence-corrected chi connectivity index (χ3v) is 5.93. The summed E-state index contributed by atoms with van der Waals surface area (Å²) in [5.74, 6) is -0.691. The first-order valence-electron chi connectivity index (χ1n) is 10.3. The SMILES string of the molecule is CN/C(=N\C#N)N[C@H]1CC[C@](CNC(=O)c2c(N)cccc2F)(c2ccccc2)CC1. The van der Waals surface area contributed by atoms with E-state index in [9.17, 15) is 9.18 Å². The molecule has 0 heterocycles. The van der Waals surface area contributed by atoms with Crippen molar-refractivity contribution < 1.29 is 9.18 Å². The summed E-state index contributed by atoms with van der Waals surface area (Å²) >= 11 is 0. The van der Waals surface area contributed by atoms with Crippen molar-refractivity contribution in [3.8, 4) is 6.19 Å². The van der Waals surface area contributed by atoms with Gasteiger partial charge in [0.2, 0.25) is 12.2 Å².